The van der Waals surface area contributed by atoms with E-state index in [2.05, 4.69) is 10.6 Å². The van der Waals surface area contributed by atoms with Crippen molar-refractivity contribution >= 4 is 58.0 Å². The number of anilines is 1. The molecule has 1 atom stereocenters. The normalized spacial score (nSPS) is 12.6. The minimum Gasteiger partial charge on any atom is -0.362 e. The van der Waals surface area contributed by atoms with Crippen molar-refractivity contribution in [3.8, 4) is 0 Å². The Kier molecular flexibility index (Phi) is 6.04. The van der Waals surface area contributed by atoms with Crippen molar-refractivity contribution in [3.05, 3.63) is 64.7 Å². The maximum atomic E-state index is 12.3. The molecule has 0 aliphatic carbocycles. The Hall–Kier alpha value is -1.13. The van der Waals surface area contributed by atoms with Gasteiger partial charge in [0.05, 0.1) is 0 Å². The number of halogens is 4. The summed E-state index contributed by atoms with van der Waals surface area (Å²) in [4.78, 5) is 12.3. The number of hydrogen-bond acceptors (Lipinski definition) is 2. The van der Waals surface area contributed by atoms with Crippen LogP contribution in [0.1, 0.15) is 15.9 Å². The van der Waals surface area contributed by atoms with E-state index in [1.165, 1.54) is 0 Å². The summed E-state index contributed by atoms with van der Waals surface area (Å²) in [6.07, 6.45) is -0.904. The fourth-order valence-corrected chi connectivity index (χ4v) is 2.29. The van der Waals surface area contributed by atoms with Gasteiger partial charge in [0, 0.05) is 16.3 Å². The number of amides is 1. The predicted molar refractivity (Wildman–Crippen MR) is 97.8 cm³/mol. The zero-order valence-electron chi connectivity index (χ0n) is 12.1. The lowest BCUT2D eigenvalue weighted by Crippen LogP contribution is -2.49. The second-order valence-corrected chi connectivity index (χ2v) is 7.77. The first-order valence-electron chi connectivity index (χ1n) is 6.72. The summed E-state index contributed by atoms with van der Waals surface area (Å²) in [7, 11) is 0. The molecule has 0 unspecified atom stereocenters. The van der Waals surface area contributed by atoms with E-state index in [9.17, 15) is 4.79 Å². The topological polar surface area (TPSA) is 41.1 Å². The van der Waals surface area contributed by atoms with Crippen LogP contribution >= 0.6 is 46.4 Å². The van der Waals surface area contributed by atoms with Gasteiger partial charge in [0.25, 0.3) is 5.91 Å². The highest BCUT2D eigenvalue weighted by atomic mass is 35.6. The molecule has 0 aliphatic rings. The molecule has 0 aromatic heterocycles. The number of carbonyl (C=O) groups is 1. The van der Waals surface area contributed by atoms with E-state index in [1.54, 1.807) is 24.3 Å². The largest absolute Gasteiger partial charge is 0.362 e. The zero-order valence-corrected chi connectivity index (χ0v) is 15.1. The van der Waals surface area contributed by atoms with Gasteiger partial charge >= 0.3 is 0 Å². The van der Waals surface area contributed by atoms with Gasteiger partial charge in [0.15, 0.2) is 0 Å². The van der Waals surface area contributed by atoms with Crippen LogP contribution in [0.3, 0.4) is 0 Å². The maximum absolute atomic E-state index is 12.3. The summed E-state index contributed by atoms with van der Waals surface area (Å²) in [5.41, 5.74) is 2.24. The third-order valence-corrected chi connectivity index (χ3v) is 3.98. The highest BCUT2D eigenvalue weighted by Gasteiger charge is 2.34. The van der Waals surface area contributed by atoms with E-state index in [-0.39, 0.29) is 5.91 Å². The summed E-state index contributed by atoms with van der Waals surface area (Å²) in [6, 6.07) is 13.9. The molecule has 0 spiro atoms. The van der Waals surface area contributed by atoms with Crippen LogP contribution in [0.4, 0.5) is 5.69 Å². The summed E-state index contributed by atoms with van der Waals surface area (Å²) in [6.45, 7) is 1.97. The monoisotopic (exact) mass is 390 g/mol. The average Bonchev–Trinajstić information content (AvgIpc) is 2.48. The molecule has 0 radical (unpaired) electrons. The molecule has 23 heavy (non-hydrogen) atoms. The predicted octanol–water partition coefficient (Wildman–Crippen LogP) is 5.19. The van der Waals surface area contributed by atoms with E-state index in [4.69, 9.17) is 46.4 Å². The number of nitrogens with one attached hydrogen (secondary N) is 2. The second-order valence-electron chi connectivity index (χ2n) is 4.97. The molecular weight excluding hydrogens is 378 g/mol. The first kappa shape index (κ1) is 18.2. The van der Waals surface area contributed by atoms with Crippen LogP contribution in [-0.2, 0) is 0 Å². The van der Waals surface area contributed by atoms with E-state index >= 15 is 0 Å². The van der Waals surface area contributed by atoms with E-state index < -0.39 is 9.96 Å². The standard InChI is InChI=1S/C16H14Cl4N2O/c1-10-2-8-13(9-3-10)21-15(16(18,19)20)22-14(23)11-4-6-12(17)7-5-11/h2-9,15,21H,1H3,(H,22,23)/t15-/m0/s1. The molecule has 1 amide bonds. The number of hydrogen-bond donors (Lipinski definition) is 2. The first-order valence-corrected chi connectivity index (χ1v) is 8.23. The Morgan fingerprint density at radius 2 is 1.57 bits per heavy atom. The van der Waals surface area contributed by atoms with E-state index in [0.29, 0.717) is 10.6 Å². The smallest absolute Gasteiger partial charge is 0.252 e. The van der Waals surface area contributed by atoms with Gasteiger partial charge in [-0.15, -0.1) is 0 Å². The lowest BCUT2D eigenvalue weighted by molar-refractivity contribution is 0.0942. The molecule has 7 heteroatoms. The van der Waals surface area contributed by atoms with Crippen LogP contribution in [-0.4, -0.2) is 15.9 Å². The fourth-order valence-electron chi connectivity index (χ4n) is 1.83. The van der Waals surface area contributed by atoms with Crippen molar-refractivity contribution in [2.45, 2.75) is 16.9 Å². The van der Waals surface area contributed by atoms with Crippen LogP contribution < -0.4 is 10.6 Å². The third-order valence-electron chi connectivity index (χ3n) is 3.07. The van der Waals surface area contributed by atoms with Gasteiger partial charge in [-0.1, -0.05) is 64.1 Å². The Morgan fingerprint density at radius 1 is 1.00 bits per heavy atom. The molecule has 0 fully saturated rings. The second kappa shape index (κ2) is 7.63. The lowest BCUT2D eigenvalue weighted by atomic mass is 10.2. The quantitative estimate of drug-likeness (QED) is 0.556. The van der Waals surface area contributed by atoms with Crippen molar-refractivity contribution in [1.29, 1.82) is 0 Å². The van der Waals surface area contributed by atoms with Gasteiger partial charge in [0.2, 0.25) is 3.79 Å². The van der Waals surface area contributed by atoms with Crippen molar-refractivity contribution in [3.63, 3.8) is 0 Å². The highest BCUT2D eigenvalue weighted by Crippen LogP contribution is 2.31. The molecule has 0 aliphatic heterocycles. The minimum absolute atomic E-state index is 0.377. The summed E-state index contributed by atoms with van der Waals surface area (Å²) in [5.74, 6) is -0.377. The molecular formula is C16H14Cl4N2O. The maximum Gasteiger partial charge on any atom is 0.252 e. The van der Waals surface area contributed by atoms with Gasteiger partial charge in [-0.2, -0.15) is 0 Å². The SMILES string of the molecule is Cc1ccc(N[C@@H](NC(=O)c2ccc(Cl)cc2)C(Cl)(Cl)Cl)cc1. The fraction of sp³-hybridized carbons (Fsp3) is 0.188. The highest BCUT2D eigenvalue weighted by molar-refractivity contribution is 6.68. The molecule has 2 aromatic rings. The Balaban J connectivity index is 2.14. The van der Waals surface area contributed by atoms with Crippen LogP contribution in [0.5, 0.6) is 0 Å². The molecule has 2 aromatic carbocycles. The third kappa shape index (κ3) is 5.47. The van der Waals surface area contributed by atoms with Crippen molar-refractivity contribution < 1.29 is 4.79 Å². The molecule has 2 N–H and O–H groups in total. The summed E-state index contributed by atoms with van der Waals surface area (Å²) in [5, 5.41) is 6.21. The van der Waals surface area contributed by atoms with Crippen LogP contribution in [0.15, 0.2) is 48.5 Å². The number of rotatable bonds is 4. The van der Waals surface area contributed by atoms with Gasteiger partial charge in [0.1, 0.15) is 6.17 Å². The van der Waals surface area contributed by atoms with E-state index in [0.717, 1.165) is 11.3 Å². The molecule has 0 bridgehead atoms. The molecule has 2 rings (SSSR count). The number of aryl methyl sites for hydroxylation is 1. The number of alkyl halides is 3. The molecule has 0 saturated carbocycles. The average molecular weight is 392 g/mol. The summed E-state index contributed by atoms with van der Waals surface area (Å²) >= 11 is 23.7. The van der Waals surface area contributed by atoms with Gasteiger partial charge < -0.3 is 10.6 Å². The van der Waals surface area contributed by atoms with Gasteiger partial charge in [-0.25, -0.2) is 0 Å². The van der Waals surface area contributed by atoms with Gasteiger partial charge in [-0.3, -0.25) is 4.79 Å². The lowest BCUT2D eigenvalue weighted by Gasteiger charge is -2.27. The minimum atomic E-state index is -1.73. The molecule has 0 heterocycles. The molecule has 3 nitrogen and oxygen atoms in total. The Bertz CT molecular complexity index is 666. The number of carbonyl (C=O) groups excluding carboxylic acids is 1. The van der Waals surface area contributed by atoms with Crippen molar-refractivity contribution in [2.24, 2.45) is 0 Å². The molecule has 122 valence electrons. The summed E-state index contributed by atoms with van der Waals surface area (Å²) < 4.78 is -1.73. The molecule has 0 saturated heterocycles. The van der Waals surface area contributed by atoms with E-state index in [1.807, 2.05) is 31.2 Å². The Morgan fingerprint density at radius 3 is 2.09 bits per heavy atom. The zero-order chi connectivity index (χ0) is 17.0. The van der Waals surface area contributed by atoms with Crippen LogP contribution in [0.25, 0.3) is 0 Å². The Labute approximate surface area is 154 Å². The van der Waals surface area contributed by atoms with Gasteiger partial charge in [-0.05, 0) is 43.3 Å². The van der Waals surface area contributed by atoms with Crippen LogP contribution in [0.2, 0.25) is 5.02 Å². The number of benzene rings is 2. The van der Waals surface area contributed by atoms with Crippen LogP contribution in [0, 0.1) is 6.92 Å². The van der Waals surface area contributed by atoms with Crippen molar-refractivity contribution in [2.75, 3.05) is 5.32 Å². The van der Waals surface area contributed by atoms with Crippen molar-refractivity contribution in [1.82, 2.24) is 5.32 Å². The first-order chi connectivity index (χ1) is 10.8.